The van der Waals surface area contributed by atoms with Crippen molar-refractivity contribution in [3.63, 3.8) is 0 Å². The van der Waals surface area contributed by atoms with E-state index in [-0.39, 0.29) is 11.1 Å². The average Bonchev–Trinajstić information content (AvgIpc) is 2.60. The molecule has 0 spiro atoms. The van der Waals surface area contributed by atoms with Crippen LogP contribution < -0.4 is 5.32 Å². The van der Waals surface area contributed by atoms with Crippen molar-refractivity contribution in [3.8, 4) is 6.07 Å². The highest BCUT2D eigenvalue weighted by atomic mass is 19.4. The lowest BCUT2D eigenvalue weighted by Crippen LogP contribution is -2.26. The molecule has 0 saturated carbocycles. The molecule has 0 aliphatic carbocycles. The summed E-state index contributed by atoms with van der Waals surface area (Å²) in [7, 11) is 0. The highest BCUT2D eigenvalue weighted by Crippen LogP contribution is 2.29. The van der Waals surface area contributed by atoms with Crippen LogP contribution >= 0.6 is 0 Å². The van der Waals surface area contributed by atoms with Crippen molar-refractivity contribution in [2.45, 2.75) is 12.6 Å². The Kier molecular flexibility index (Phi) is 5.96. The van der Waals surface area contributed by atoms with Crippen molar-refractivity contribution in [2.75, 3.05) is 6.54 Å². The first-order valence-corrected chi connectivity index (χ1v) is 7.51. The van der Waals surface area contributed by atoms with Crippen LogP contribution in [0.15, 0.2) is 60.2 Å². The number of nitriles is 1. The molecule has 2 aromatic rings. The fourth-order valence-electron chi connectivity index (χ4n) is 2.18. The van der Waals surface area contributed by atoms with Crippen LogP contribution in [0.2, 0.25) is 0 Å². The van der Waals surface area contributed by atoms with E-state index < -0.39 is 17.6 Å². The summed E-state index contributed by atoms with van der Waals surface area (Å²) in [5.41, 5.74) is 0.100. The standard InChI is InChI=1S/C19H15F3N2O/c20-19(21,22)17-8-4-7-15(12-17)11-16(13-23)18(25)24-10-9-14-5-2-1-3-6-14/h1-8,11-12H,9-10H2,(H,24,25)/b16-11+. The maximum atomic E-state index is 12.7. The predicted octanol–water partition coefficient (Wildman–Crippen LogP) is 3.97. The van der Waals surface area contributed by atoms with Gasteiger partial charge in [0.1, 0.15) is 11.6 Å². The number of benzene rings is 2. The number of amides is 1. The second kappa shape index (κ2) is 8.15. The third-order valence-electron chi connectivity index (χ3n) is 3.43. The first kappa shape index (κ1) is 18.3. The third-order valence-corrected chi connectivity index (χ3v) is 3.43. The second-order valence-corrected chi connectivity index (χ2v) is 5.28. The van der Waals surface area contributed by atoms with E-state index in [9.17, 15) is 18.0 Å². The molecule has 0 aliphatic rings. The highest BCUT2D eigenvalue weighted by Gasteiger charge is 2.30. The molecule has 0 atom stereocenters. The van der Waals surface area contributed by atoms with Gasteiger partial charge >= 0.3 is 6.18 Å². The third kappa shape index (κ3) is 5.50. The Morgan fingerprint density at radius 3 is 2.48 bits per heavy atom. The van der Waals surface area contributed by atoms with Gasteiger partial charge in [0.05, 0.1) is 5.56 Å². The minimum atomic E-state index is -4.48. The minimum Gasteiger partial charge on any atom is -0.351 e. The lowest BCUT2D eigenvalue weighted by Gasteiger charge is -2.07. The SMILES string of the molecule is N#C/C(=C\c1cccc(C(F)(F)F)c1)C(=O)NCCc1ccccc1. The molecule has 1 amide bonds. The molecule has 0 fully saturated rings. The molecule has 25 heavy (non-hydrogen) atoms. The first-order valence-electron chi connectivity index (χ1n) is 7.51. The molecule has 0 saturated heterocycles. The van der Waals surface area contributed by atoms with Crippen LogP contribution in [-0.4, -0.2) is 12.5 Å². The van der Waals surface area contributed by atoms with Gasteiger partial charge in [-0.05, 0) is 35.8 Å². The van der Waals surface area contributed by atoms with E-state index in [1.807, 2.05) is 30.3 Å². The molecule has 3 nitrogen and oxygen atoms in total. The Morgan fingerprint density at radius 2 is 1.84 bits per heavy atom. The van der Waals surface area contributed by atoms with Crippen LogP contribution in [0.25, 0.3) is 6.08 Å². The van der Waals surface area contributed by atoms with Crippen LogP contribution in [-0.2, 0) is 17.4 Å². The Balaban J connectivity index is 2.04. The monoisotopic (exact) mass is 344 g/mol. The fourth-order valence-corrected chi connectivity index (χ4v) is 2.18. The number of nitrogens with one attached hydrogen (secondary N) is 1. The van der Waals surface area contributed by atoms with Crippen LogP contribution in [0, 0.1) is 11.3 Å². The molecule has 128 valence electrons. The first-order chi connectivity index (χ1) is 11.9. The summed E-state index contributed by atoms with van der Waals surface area (Å²) in [6, 6.07) is 15.7. The van der Waals surface area contributed by atoms with E-state index in [0.717, 1.165) is 23.8 Å². The molecule has 6 heteroatoms. The van der Waals surface area contributed by atoms with E-state index >= 15 is 0 Å². The van der Waals surface area contributed by atoms with Crippen molar-refractivity contribution in [3.05, 3.63) is 76.9 Å². The van der Waals surface area contributed by atoms with Gasteiger partial charge in [0.15, 0.2) is 0 Å². The van der Waals surface area contributed by atoms with Gasteiger partial charge in [0.25, 0.3) is 5.91 Å². The largest absolute Gasteiger partial charge is 0.416 e. The van der Waals surface area contributed by atoms with Crippen molar-refractivity contribution in [2.24, 2.45) is 0 Å². The number of rotatable bonds is 5. The molecular formula is C19H15F3N2O. The van der Waals surface area contributed by atoms with E-state index in [1.54, 1.807) is 6.07 Å². The normalized spacial score (nSPS) is 11.7. The second-order valence-electron chi connectivity index (χ2n) is 5.28. The fraction of sp³-hybridized carbons (Fsp3) is 0.158. The van der Waals surface area contributed by atoms with Crippen molar-refractivity contribution < 1.29 is 18.0 Å². The topological polar surface area (TPSA) is 52.9 Å². The number of halogens is 3. The zero-order chi connectivity index (χ0) is 18.3. The molecule has 0 aromatic heterocycles. The van der Waals surface area contributed by atoms with Gasteiger partial charge in [-0.25, -0.2) is 0 Å². The highest BCUT2D eigenvalue weighted by molar-refractivity contribution is 6.01. The maximum absolute atomic E-state index is 12.7. The molecule has 0 unspecified atom stereocenters. The summed E-state index contributed by atoms with van der Waals surface area (Å²) in [4.78, 5) is 12.0. The summed E-state index contributed by atoms with van der Waals surface area (Å²) in [5.74, 6) is -0.615. The minimum absolute atomic E-state index is 0.143. The van der Waals surface area contributed by atoms with Gasteiger partial charge in [0, 0.05) is 6.54 Å². The molecular weight excluding hydrogens is 329 g/mol. The van der Waals surface area contributed by atoms with E-state index in [2.05, 4.69) is 5.32 Å². The van der Waals surface area contributed by atoms with Crippen molar-refractivity contribution >= 4 is 12.0 Å². The van der Waals surface area contributed by atoms with Gasteiger partial charge < -0.3 is 5.32 Å². The summed E-state index contributed by atoms with van der Waals surface area (Å²) in [6.07, 6.45) is -2.74. The van der Waals surface area contributed by atoms with Crippen LogP contribution in [0.4, 0.5) is 13.2 Å². The zero-order valence-electron chi connectivity index (χ0n) is 13.2. The number of nitrogens with zero attached hydrogens (tertiary/aromatic N) is 1. The molecule has 2 rings (SSSR count). The van der Waals surface area contributed by atoms with E-state index in [0.29, 0.717) is 13.0 Å². The summed E-state index contributed by atoms with van der Waals surface area (Å²) in [6.45, 7) is 0.324. The zero-order valence-corrected chi connectivity index (χ0v) is 13.2. The molecule has 0 heterocycles. The Labute approximate surface area is 143 Å². The number of carbonyl (C=O) groups is 1. The van der Waals surface area contributed by atoms with Crippen LogP contribution in [0.3, 0.4) is 0 Å². The van der Waals surface area contributed by atoms with E-state index in [4.69, 9.17) is 5.26 Å². The summed E-state index contributed by atoms with van der Waals surface area (Å²) in [5, 5.41) is 11.7. The lowest BCUT2D eigenvalue weighted by molar-refractivity contribution is -0.137. The van der Waals surface area contributed by atoms with Gasteiger partial charge in [-0.1, -0.05) is 42.5 Å². The van der Waals surface area contributed by atoms with E-state index in [1.165, 1.54) is 12.1 Å². The van der Waals surface area contributed by atoms with Gasteiger partial charge in [-0.15, -0.1) is 0 Å². The summed E-state index contributed by atoms with van der Waals surface area (Å²) < 4.78 is 38.1. The predicted molar refractivity (Wildman–Crippen MR) is 88.2 cm³/mol. The smallest absolute Gasteiger partial charge is 0.351 e. The quantitative estimate of drug-likeness (QED) is 0.659. The van der Waals surface area contributed by atoms with Gasteiger partial charge in [-0.3, -0.25) is 4.79 Å². The molecule has 2 aromatic carbocycles. The molecule has 1 N–H and O–H groups in total. The van der Waals surface area contributed by atoms with Crippen LogP contribution in [0.5, 0.6) is 0 Å². The lowest BCUT2D eigenvalue weighted by atomic mass is 10.1. The van der Waals surface area contributed by atoms with Gasteiger partial charge in [-0.2, -0.15) is 18.4 Å². The number of alkyl halides is 3. The molecule has 0 aliphatic heterocycles. The molecule has 0 bridgehead atoms. The average molecular weight is 344 g/mol. The Morgan fingerprint density at radius 1 is 1.12 bits per heavy atom. The Hall–Kier alpha value is -3.07. The molecule has 0 radical (unpaired) electrons. The number of hydrogen-bond acceptors (Lipinski definition) is 2. The van der Waals surface area contributed by atoms with Gasteiger partial charge in [0.2, 0.25) is 0 Å². The van der Waals surface area contributed by atoms with Crippen LogP contribution in [0.1, 0.15) is 16.7 Å². The number of carbonyl (C=O) groups excluding carboxylic acids is 1. The maximum Gasteiger partial charge on any atom is 0.416 e. The van der Waals surface area contributed by atoms with Crippen molar-refractivity contribution in [1.82, 2.24) is 5.32 Å². The number of hydrogen-bond donors (Lipinski definition) is 1. The summed E-state index contributed by atoms with van der Waals surface area (Å²) >= 11 is 0. The Bertz CT molecular complexity index is 805. The van der Waals surface area contributed by atoms with Crippen molar-refractivity contribution in [1.29, 1.82) is 5.26 Å².